The average molecular weight is 314 g/mol. The molecule has 0 unspecified atom stereocenters. The number of fused-ring (bicyclic) bond motifs is 1. The van der Waals surface area contributed by atoms with E-state index < -0.39 is 0 Å². The van der Waals surface area contributed by atoms with Crippen molar-refractivity contribution in [3.05, 3.63) is 59.8 Å². The highest BCUT2D eigenvalue weighted by molar-refractivity contribution is 5.82. The fraction of sp³-hybridized carbons (Fsp3) is 0.389. The number of hydrogen-bond donors (Lipinski definition) is 0. The maximum absolute atomic E-state index is 13.3. The predicted octanol–water partition coefficient (Wildman–Crippen LogP) is 2.51. The zero-order valence-corrected chi connectivity index (χ0v) is 12.8. The van der Waals surface area contributed by atoms with E-state index in [0.29, 0.717) is 12.5 Å². The number of carbonyl (C=O) groups excluding carboxylic acids is 1. The van der Waals surface area contributed by atoms with E-state index in [1.54, 1.807) is 18.6 Å². The summed E-state index contributed by atoms with van der Waals surface area (Å²) in [6, 6.07) is 8.46. The number of rotatable bonds is 4. The molecule has 0 N–H and O–H groups in total. The lowest BCUT2D eigenvalue weighted by Gasteiger charge is -2.21. The van der Waals surface area contributed by atoms with Crippen molar-refractivity contribution in [2.24, 2.45) is 11.8 Å². The van der Waals surface area contributed by atoms with Crippen molar-refractivity contribution in [1.82, 2.24) is 9.80 Å². The van der Waals surface area contributed by atoms with Gasteiger partial charge >= 0.3 is 0 Å². The molecule has 2 saturated heterocycles. The van der Waals surface area contributed by atoms with Crippen molar-refractivity contribution in [1.29, 1.82) is 0 Å². The molecule has 4 nitrogen and oxygen atoms in total. The van der Waals surface area contributed by atoms with Crippen molar-refractivity contribution < 1.29 is 13.6 Å². The Morgan fingerprint density at radius 1 is 1.13 bits per heavy atom. The van der Waals surface area contributed by atoms with E-state index in [4.69, 9.17) is 4.42 Å². The van der Waals surface area contributed by atoms with Crippen LogP contribution in [0.25, 0.3) is 0 Å². The number of likely N-dealkylation sites (tertiary alicyclic amines) is 2. The summed E-state index contributed by atoms with van der Waals surface area (Å²) in [7, 11) is 0. The van der Waals surface area contributed by atoms with Gasteiger partial charge in [-0.3, -0.25) is 9.69 Å². The first-order chi connectivity index (χ1) is 11.2. The van der Waals surface area contributed by atoms with Gasteiger partial charge in [-0.25, -0.2) is 4.39 Å². The predicted molar refractivity (Wildman–Crippen MR) is 82.8 cm³/mol. The molecule has 0 aliphatic carbocycles. The van der Waals surface area contributed by atoms with Gasteiger partial charge in [0.15, 0.2) is 0 Å². The molecule has 120 valence electrons. The molecule has 0 radical (unpaired) electrons. The van der Waals surface area contributed by atoms with Crippen LogP contribution in [0.3, 0.4) is 0 Å². The van der Waals surface area contributed by atoms with Gasteiger partial charge in [0, 0.05) is 44.2 Å². The van der Waals surface area contributed by atoms with Crippen LogP contribution in [0, 0.1) is 17.7 Å². The number of benzene rings is 1. The Bertz CT molecular complexity index is 701. The summed E-state index contributed by atoms with van der Waals surface area (Å²) in [4.78, 5) is 16.8. The van der Waals surface area contributed by atoms with Crippen LogP contribution in [0.2, 0.25) is 0 Å². The van der Waals surface area contributed by atoms with Gasteiger partial charge in [0.2, 0.25) is 5.91 Å². The Morgan fingerprint density at radius 3 is 2.78 bits per heavy atom. The molecule has 1 amide bonds. The molecule has 0 bridgehead atoms. The third kappa shape index (κ3) is 2.88. The summed E-state index contributed by atoms with van der Waals surface area (Å²) in [5.74, 6) is 0.410. The fourth-order valence-corrected chi connectivity index (χ4v) is 3.80. The highest BCUT2D eigenvalue weighted by Crippen LogP contribution is 2.33. The third-order valence-electron chi connectivity index (χ3n) is 4.85. The summed E-state index contributed by atoms with van der Waals surface area (Å²) in [6.07, 6.45) is 3.43. The van der Waals surface area contributed by atoms with E-state index in [9.17, 15) is 9.18 Å². The minimum Gasteiger partial charge on any atom is -0.472 e. The van der Waals surface area contributed by atoms with Crippen molar-refractivity contribution in [2.45, 2.75) is 13.1 Å². The first-order valence-electron chi connectivity index (χ1n) is 7.96. The van der Waals surface area contributed by atoms with Crippen molar-refractivity contribution in [3.63, 3.8) is 0 Å². The largest absolute Gasteiger partial charge is 0.472 e. The molecule has 23 heavy (non-hydrogen) atoms. The Morgan fingerprint density at radius 2 is 2.04 bits per heavy atom. The van der Waals surface area contributed by atoms with Crippen LogP contribution < -0.4 is 0 Å². The molecule has 1 aromatic heterocycles. The van der Waals surface area contributed by atoms with Gasteiger partial charge in [-0.05, 0) is 23.8 Å². The molecule has 0 spiro atoms. The summed E-state index contributed by atoms with van der Waals surface area (Å²) < 4.78 is 18.4. The van der Waals surface area contributed by atoms with Gasteiger partial charge in [-0.2, -0.15) is 0 Å². The van der Waals surface area contributed by atoms with Crippen LogP contribution in [-0.4, -0.2) is 35.3 Å². The number of carbonyl (C=O) groups is 1. The summed E-state index contributed by atoms with van der Waals surface area (Å²) in [6.45, 7) is 3.84. The molecule has 2 aliphatic heterocycles. The second-order valence-electron chi connectivity index (χ2n) is 6.54. The normalized spacial score (nSPS) is 24.4. The summed E-state index contributed by atoms with van der Waals surface area (Å²) in [5.41, 5.74) is 2.00. The van der Waals surface area contributed by atoms with E-state index in [1.165, 1.54) is 12.1 Å². The van der Waals surface area contributed by atoms with Gasteiger partial charge in [0.25, 0.3) is 0 Å². The second-order valence-corrected chi connectivity index (χ2v) is 6.54. The van der Waals surface area contributed by atoms with Crippen LogP contribution in [0.15, 0.2) is 47.3 Å². The molecule has 2 aromatic rings. The SMILES string of the molecule is O=C1[C@H]2CN(Cc3ccoc3)C[C@H]2CN1Cc1cccc(F)c1. The molecule has 3 heterocycles. The molecule has 4 rings (SSSR count). The van der Waals surface area contributed by atoms with E-state index in [0.717, 1.165) is 37.3 Å². The van der Waals surface area contributed by atoms with Crippen LogP contribution in [0.1, 0.15) is 11.1 Å². The smallest absolute Gasteiger partial charge is 0.227 e. The monoisotopic (exact) mass is 314 g/mol. The molecule has 2 atom stereocenters. The van der Waals surface area contributed by atoms with E-state index >= 15 is 0 Å². The number of halogens is 1. The summed E-state index contributed by atoms with van der Waals surface area (Å²) >= 11 is 0. The molecule has 2 aliphatic rings. The molecule has 0 saturated carbocycles. The Kier molecular flexibility index (Phi) is 3.65. The van der Waals surface area contributed by atoms with Crippen molar-refractivity contribution >= 4 is 5.91 Å². The first kappa shape index (κ1) is 14.5. The Labute approximate surface area is 134 Å². The lowest BCUT2D eigenvalue weighted by atomic mass is 10.0. The maximum atomic E-state index is 13.3. The van der Waals surface area contributed by atoms with Gasteiger partial charge in [-0.1, -0.05) is 12.1 Å². The molecular weight excluding hydrogens is 295 g/mol. The average Bonchev–Trinajstić information content (AvgIpc) is 3.21. The highest BCUT2D eigenvalue weighted by Gasteiger charge is 2.45. The quantitative estimate of drug-likeness (QED) is 0.870. The van der Waals surface area contributed by atoms with E-state index in [1.807, 2.05) is 17.0 Å². The van der Waals surface area contributed by atoms with Gasteiger partial charge in [-0.15, -0.1) is 0 Å². The minimum absolute atomic E-state index is 0.0791. The number of furan rings is 1. The summed E-state index contributed by atoms with van der Waals surface area (Å²) in [5, 5.41) is 0. The molecular formula is C18H19FN2O2. The Balaban J connectivity index is 1.38. The lowest BCUT2D eigenvalue weighted by Crippen LogP contribution is -2.32. The van der Waals surface area contributed by atoms with E-state index in [2.05, 4.69) is 4.90 Å². The second kappa shape index (κ2) is 5.81. The zero-order valence-electron chi connectivity index (χ0n) is 12.8. The first-order valence-corrected chi connectivity index (χ1v) is 7.96. The topological polar surface area (TPSA) is 36.7 Å². The molecule has 2 fully saturated rings. The van der Waals surface area contributed by atoms with Crippen LogP contribution in [0.5, 0.6) is 0 Å². The lowest BCUT2D eigenvalue weighted by molar-refractivity contribution is -0.131. The van der Waals surface area contributed by atoms with E-state index in [-0.39, 0.29) is 17.6 Å². The fourth-order valence-electron chi connectivity index (χ4n) is 3.80. The van der Waals surface area contributed by atoms with Crippen LogP contribution in [-0.2, 0) is 17.9 Å². The maximum Gasteiger partial charge on any atom is 0.227 e. The highest BCUT2D eigenvalue weighted by atomic mass is 19.1. The number of hydrogen-bond acceptors (Lipinski definition) is 3. The zero-order chi connectivity index (χ0) is 15.8. The number of amides is 1. The van der Waals surface area contributed by atoms with Gasteiger partial charge in [0.1, 0.15) is 5.82 Å². The standard InChI is InChI=1S/C18H19FN2O2/c19-16-3-1-2-13(6-16)8-21-10-15-9-20(11-17(15)18(21)22)7-14-4-5-23-12-14/h1-6,12,15,17H,7-11H2/t15-,17-/m0/s1. The number of nitrogens with zero attached hydrogens (tertiary/aromatic N) is 2. The van der Waals surface area contributed by atoms with Crippen molar-refractivity contribution in [2.75, 3.05) is 19.6 Å². The van der Waals surface area contributed by atoms with Gasteiger partial charge in [0.05, 0.1) is 18.4 Å². The molecule has 5 heteroatoms. The van der Waals surface area contributed by atoms with Crippen LogP contribution in [0.4, 0.5) is 4.39 Å². The molecule has 1 aromatic carbocycles. The Hall–Kier alpha value is -2.14. The van der Waals surface area contributed by atoms with Crippen LogP contribution >= 0.6 is 0 Å². The third-order valence-corrected chi connectivity index (χ3v) is 4.85. The van der Waals surface area contributed by atoms with Gasteiger partial charge < -0.3 is 9.32 Å². The minimum atomic E-state index is -0.249. The van der Waals surface area contributed by atoms with Crippen molar-refractivity contribution in [3.8, 4) is 0 Å².